The van der Waals surface area contributed by atoms with E-state index < -0.39 is 110 Å². The molecule has 0 saturated carbocycles. The molecule has 0 bridgehead atoms. The van der Waals surface area contributed by atoms with Gasteiger partial charge >= 0.3 is 63.4 Å². The first-order valence-corrected chi connectivity index (χ1v) is 15.0. The number of aliphatic carboxylic acids is 5. The fourth-order valence-corrected chi connectivity index (χ4v) is 2.50. The molecule has 0 aromatic carbocycles. The Morgan fingerprint density at radius 3 is 0.864 bits per heavy atom. The molecule has 5 N–H and O–H groups in total. The van der Waals surface area contributed by atoms with Crippen molar-refractivity contribution in [1.29, 1.82) is 0 Å². The van der Waals surface area contributed by atoms with E-state index in [1.165, 1.54) is 0 Å². The van der Waals surface area contributed by atoms with E-state index in [0.29, 0.717) is 0 Å². The Morgan fingerprint density at radius 2 is 0.661 bits per heavy atom. The number of hydrogen-bond acceptors (Lipinski definition) is 25. The summed E-state index contributed by atoms with van der Waals surface area (Å²) in [7, 11) is 0. The van der Waals surface area contributed by atoms with E-state index in [2.05, 4.69) is 46.9 Å². The first-order valence-electron chi connectivity index (χ1n) is 11.3. The van der Waals surface area contributed by atoms with Crippen LogP contribution in [0.5, 0.6) is 0 Å². The SMILES string of the molecule is CC(F)(SOO[O-])C(=O)O.CC(F)(SOO[O-])C(=O)O.O=C(O)C(F)(F)SOO[O-].O=C(O)C(F)(SOO[O-])C(F)(F)F.O=C(O)C(SOO[O-])(C(F)(F)F)C(F)(F)F. The highest BCUT2D eigenvalue weighted by Crippen LogP contribution is 2.52. The normalized spacial score (nSPS) is 14.9. The lowest BCUT2D eigenvalue weighted by Crippen LogP contribution is -2.60. The van der Waals surface area contributed by atoms with E-state index in [9.17, 15) is 90.7 Å². The van der Waals surface area contributed by atoms with E-state index in [1.54, 1.807) is 0 Å². The Balaban J connectivity index is -0.000000209. The van der Waals surface area contributed by atoms with Crippen molar-refractivity contribution in [2.24, 2.45) is 0 Å². The zero-order valence-electron chi connectivity index (χ0n) is 26.2. The standard InChI is InChI=1S/C4H2F6O5S.C3H2F4O5S.2C3H5FO5S.C2H2F2O5S/c5-3(6,7)2(1(11)12,4(8,9)10)16-15-14-13;4-2(1(8)9,3(5,6)7)13-12-11-10;2*1-3(4,2(5)6)10-9-8-7;3-2(4,1(5)6)10-9-8-7/h13H,(H,11,12);10H,(H,8,9);2*7H,1H3,(H,5,6);7H,(H,5,6)/p-5. The Morgan fingerprint density at radius 1 is 0.390 bits per heavy atom. The average molecular weight is 1020 g/mol. The second-order valence-corrected chi connectivity index (χ2v) is 12.5. The maximum atomic E-state index is 12.5. The molecule has 25 nitrogen and oxygen atoms in total. The van der Waals surface area contributed by atoms with Crippen LogP contribution in [-0.2, 0) is 70.8 Å². The van der Waals surface area contributed by atoms with Gasteiger partial charge in [-0.3, -0.25) is 25.2 Å². The van der Waals surface area contributed by atoms with Gasteiger partial charge < -0.3 is 51.8 Å². The highest BCUT2D eigenvalue weighted by Gasteiger charge is 2.78. The quantitative estimate of drug-likeness (QED) is 0.0455. The molecule has 0 aromatic heterocycles. The van der Waals surface area contributed by atoms with Crippen LogP contribution in [0.1, 0.15) is 13.8 Å². The molecule has 44 heteroatoms. The number of halogens is 14. The molecule has 0 radical (unpaired) electrons. The van der Waals surface area contributed by atoms with Crippen molar-refractivity contribution in [1.82, 2.24) is 0 Å². The number of carbonyl (C=O) groups is 5. The van der Waals surface area contributed by atoms with Crippen molar-refractivity contribution in [2.45, 2.75) is 57.4 Å². The number of rotatable bonds is 20. The topological polar surface area (TPSA) is 394 Å². The fraction of sp³-hybridized carbons (Fsp3) is 0.667. The third-order valence-electron chi connectivity index (χ3n) is 3.72. The first-order chi connectivity index (χ1) is 26.3. The van der Waals surface area contributed by atoms with E-state index in [4.69, 9.17) is 46.6 Å². The molecular formula is C15H11F14O25S5-5. The largest absolute Gasteiger partial charge is 0.691 e. The minimum Gasteiger partial charge on any atom is -0.691 e. The maximum absolute atomic E-state index is 12.5. The van der Waals surface area contributed by atoms with Gasteiger partial charge in [-0.05, 0) is 13.8 Å². The molecule has 0 saturated heterocycles. The van der Waals surface area contributed by atoms with Crippen LogP contribution in [0.15, 0.2) is 0 Å². The van der Waals surface area contributed by atoms with Crippen molar-refractivity contribution >= 4 is 90.1 Å². The third kappa shape index (κ3) is 25.1. The van der Waals surface area contributed by atoms with Crippen LogP contribution in [-0.4, -0.2) is 98.9 Å². The van der Waals surface area contributed by atoms with Crippen molar-refractivity contribution in [3.05, 3.63) is 0 Å². The summed E-state index contributed by atoms with van der Waals surface area (Å²) in [5, 5.41) is 83.4. The Kier molecular flexibility index (Phi) is 32.2. The van der Waals surface area contributed by atoms with E-state index in [-0.39, 0.29) is 24.1 Å². The number of hydrogen-bond donors (Lipinski definition) is 5. The minimum atomic E-state index is -6.24. The van der Waals surface area contributed by atoms with Crippen molar-refractivity contribution in [3.8, 4) is 0 Å². The molecule has 0 spiro atoms. The molecular weight excluding hydrogens is 1010 g/mol. The van der Waals surface area contributed by atoms with Crippen LogP contribution < -0.4 is 26.3 Å². The van der Waals surface area contributed by atoms with Gasteiger partial charge in [0.2, 0.25) is 0 Å². The van der Waals surface area contributed by atoms with Gasteiger partial charge in [0.25, 0.3) is 10.0 Å². The van der Waals surface area contributed by atoms with Crippen LogP contribution in [0.3, 0.4) is 0 Å². The van der Waals surface area contributed by atoms with Crippen molar-refractivity contribution in [3.63, 3.8) is 0 Å². The monoisotopic (exact) mass is 1020 g/mol. The number of alkyl halides is 14. The van der Waals surface area contributed by atoms with Gasteiger partial charge in [0.15, 0.2) is 0 Å². The van der Waals surface area contributed by atoms with Gasteiger partial charge in [0.05, 0.1) is 48.2 Å². The van der Waals surface area contributed by atoms with Crippen molar-refractivity contribution in [2.75, 3.05) is 0 Å². The Hall–Kier alpha value is -2.48. The van der Waals surface area contributed by atoms with Crippen LogP contribution in [0.25, 0.3) is 0 Å². The van der Waals surface area contributed by atoms with Gasteiger partial charge in [0, 0.05) is 0 Å². The average Bonchev–Trinajstić information content (AvgIpc) is 3.07. The Labute approximate surface area is 331 Å². The molecule has 0 fully saturated rings. The van der Waals surface area contributed by atoms with Gasteiger partial charge in [0.1, 0.15) is 12.0 Å². The van der Waals surface area contributed by atoms with Crippen LogP contribution >= 0.6 is 60.2 Å². The highest BCUT2D eigenvalue weighted by atomic mass is 32.2. The molecule has 0 aliphatic carbocycles. The second-order valence-electron chi connectivity index (χ2n) is 7.74. The predicted molar refractivity (Wildman–Crippen MR) is 136 cm³/mol. The molecule has 0 aromatic rings. The van der Waals surface area contributed by atoms with Crippen molar-refractivity contribution < 1.29 is 184 Å². The number of carboxylic acid groups (broad SMARTS) is 5. The minimum absolute atomic E-state index is 0.214. The van der Waals surface area contributed by atoms with Crippen LogP contribution in [0.2, 0.25) is 0 Å². The molecule has 3 atom stereocenters. The molecule has 354 valence electrons. The van der Waals surface area contributed by atoms with Crippen LogP contribution in [0.4, 0.5) is 61.5 Å². The molecule has 0 aliphatic rings. The van der Waals surface area contributed by atoms with Crippen LogP contribution in [0, 0.1) is 0 Å². The van der Waals surface area contributed by atoms with Gasteiger partial charge in [-0.15, -0.1) is 0 Å². The lowest BCUT2D eigenvalue weighted by molar-refractivity contribution is -0.777. The Bertz CT molecular complexity index is 1180. The van der Waals surface area contributed by atoms with E-state index >= 15 is 0 Å². The molecule has 3 unspecified atom stereocenters. The van der Waals surface area contributed by atoms with Gasteiger partial charge in [-0.25, -0.2) is 37.1 Å². The predicted octanol–water partition coefficient (Wildman–Crippen LogP) is -0.231. The summed E-state index contributed by atoms with van der Waals surface area (Å²) < 4.78 is 179. The molecule has 0 rings (SSSR count). The van der Waals surface area contributed by atoms with E-state index in [1.807, 2.05) is 0 Å². The summed E-state index contributed by atoms with van der Waals surface area (Å²) in [6, 6.07) is 0. The molecule has 0 amide bonds. The summed E-state index contributed by atoms with van der Waals surface area (Å²) >= 11 is -4.29. The van der Waals surface area contributed by atoms with Gasteiger partial charge in [-0.2, -0.15) is 70.0 Å². The smallest absolute Gasteiger partial charge is 0.446 e. The highest BCUT2D eigenvalue weighted by molar-refractivity contribution is 7.97. The maximum Gasteiger partial charge on any atom is 0.446 e. The zero-order chi connectivity index (χ0) is 48.5. The summed E-state index contributed by atoms with van der Waals surface area (Å²) in [6.07, 6.45) is -18.2. The van der Waals surface area contributed by atoms with Gasteiger partial charge in [-0.1, -0.05) is 0 Å². The first kappa shape index (κ1) is 65.6. The summed E-state index contributed by atoms with van der Waals surface area (Å²) in [5.74, 6) is -12.0. The lowest BCUT2D eigenvalue weighted by Gasteiger charge is -2.31. The van der Waals surface area contributed by atoms with E-state index in [0.717, 1.165) is 13.8 Å². The third-order valence-corrected chi connectivity index (χ3v) is 7.22. The lowest BCUT2D eigenvalue weighted by atomic mass is 10.1. The second kappa shape index (κ2) is 28.9. The summed E-state index contributed by atoms with van der Waals surface area (Å²) in [5.41, 5.74) is 0. The fourth-order valence-electron chi connectivity index (χ4n) is 1.18. The molecule has 0 heterocycles. The summed E-state index contributed by atoms with van der Waals surface area (Å²) in [6.45, 7) is 1.44. The molecule has 59 heavy (non-hydrogen) atoms. The number of carboxylic acids is 5. The zero-order valence-corrected chi connectivity index (χ0v) is 30.3. The molecule has 0 aliphatic heterocycles. The summed E-state index contributed by atoms with van der Waals surface area (Å²) in [4.78, 5) is 49.2.